The van der Waals surface area contributed by atoms with Crippen molar-refractivity contribution in [1.29, 1.82) is 0 Å². The smallest absolute Gasteiger partial charge is 0.481 e. The van der Waals surface area contributed by atoms with Crippen LogP contribution in [0, 0.1) is 0 Å². The van der Waals surface area contributed by atoms with E-state index in [4.69, 9.17) is 0 Å². The van der Waals surface area contributed by atoms with Gasteiger partial charge >= 0.3 is 12.3 Å². The van der Waals surface area contributed by atoms with Crippen LogP contribution in [0.2, 0.25) is 0 Å². The van der Waals surface area contributed by atoms with Crippen molar-refractivity contribution in [3.05, 3.63) is 59.7 Å². The number of anilines is 1. The lowest BCUT2D eigenvalue weighted by molar-refractivity contribution is -0.274. The number of carbonyl (C=O) groups excluding carboxylic acids is 1. The molecule has 0 aliphatic carbocycles. The topological polar surface area (TPSA) is 66.8 Å². The first-order chi connectivity index (χ1) is 12.6. The third-order valence-corrected chi connectivity index (χ3v) is 4.51. The highest BCUT2D eigenvalue weighted by atomic mass is 19.4. The Labute approximate surface area is 153 Å². The lowest BCUT2D eigenvalue weighted by Gasteiger charge is -2.23. The predicted octanol–water partition coefficient (Wildman–Crippen LogP) is 3.86. The normalized spacial score (nSPS) is 19.1. The van der Waals surface area contributed by atoms with Crippen molar-refractivity contribution >= 4 is 17.6 Å². The number of benzene rings is 2. The fourth-order valence-electron chi connectivity index (χ4n) is 3.31. The predicted molar refractivity (Wildman–Crippen MR) is 90.4 cm³/mol. The minimum Gasteiger partial charge on any atom is -0.481 e. The first-order valence-corrected chi connectivity index (χ1v) is 8.08. The summed E-state index contributed by atoms with van der Waals surface area (Å²) in [6.45, 7) is 1.69. The molecule has 1 aliphatic rings. The van der Waals surface area contributed by atoms with Crippen LogP contribution in [0.5, 0.6) is 5.75 Å². The first-order valence-electron chi connectivity index (χ1n) is 8.08. The fourth-order valence-corrected chi connectivity index (χ4v) is 3.31. The number of nitrogens with zero attached hydrogens (tertiary/aromatic N) is 1. The van der Waals surface area contributed by atoms with Crippen molar-refractivity contribution in [1.82, 2.24) is 0 Å². The molecular weight excluding hydrogens is 363 g/mol. The zero-order valence-corrected chi connectivity index (χ0v) is 14.3. The van der Waals surface area contributed by atoms with Crippen molar-refractivity contribution in [2.45, 2.75) is 31.7 Å². The van der Waals surface area contributed by atoms with Gasteiger partial charge in [-0.3, -0.25) is 9.59 Å². The largest absolute Gasteiger partial charge is 0.573 e. The standard InChI is InChI=1S/C19H16F3NO4/c1-18(10-16(24)25)14-4-2-3-5-15(14)23(17(18)26)11-12-6-8-13(9-7-12)27-19(20,21)22/h2-9H,10-11H2,1H3,(H,24,25). The van der Waals surface area contributed by atoms with Gasteiger partial charge in [0, 0.05) is 5.69 Å². The van der Waals surface area contributed by atoms with Gasteiger partial charge in [-0.15, -0.1) is 13.2 Å². The van der Waals surface area contributed by atoms with E-state index in [1.807, 2.05) is 0 Å². The Balaban J connectivity index is 1.87. The van der Waals surface area contributed by atoms with Crippen molar-refractivity contribution in [3.8, 4) is 5.75 Å². The number of alkyl halides is 3. The van der Waals surface area contributed by atoms with Crippen LogP contribution in [0.4, 0.5) is 18.9 Å². The number of hydrogen-bond acceptors (Lipinski definition) is 3. The molecule has 0 saturated heterocycles. The SMILES string of the molecule is CC1(CC(=O)O)C(=O)N(Cc2ccc(OC(F)(F)F)cc2)c2ccccc21. The Morgan fingerprint density at radius 3 is 2.37 bits per heavy atom. The Bertz CT molecular complexity index is 879. The number of aliphatic carboxylic acids is 1. The molecule has 0 fully saturated rings. The summed E-state index contributed by atoms with van der Waals surface area (Å²) in [5.41, 5.74) is 0.616. The summed E-state index contributed by atoms with van der Waals surface area (Å²) in [6.07, 6.45) is -5.12. The number of halogens is 3. The van der Waals surface area contributed by atoms with Crippen LogP contribution in [0.15, 0.2) is 48.5 Å². The van der Waals surface area contributed by atoms with E-state index < -0.39 is 17.7 Å². The molecule has 0 spiro atoms. The quantitative estimate of drug-likeness (QED) is 0.857. The van der Waals surface area contributed by atoms with Crippen LogP contribution in [0.3, 0.4) is 0 Å². The average Bonchev–Trinajstić information content (AvgIpc) is 2.77. The molecule has 1 amide bonds. The molecule has 0 saturated carbocycles. The number of carboxylic acids is 1. The molecule has 1 heterocycles. The van der Waals surface area contributed by atoms with Crippen molar-refractivity contribution in [2.75, 3.05) is 4.90 Å². The van der Waals surface area contributed by atoms with E-state index in [2.05, 4.69) is 4.74 Å². The number of carboxylic acid groups (broad SMARTS) is 1. The summed E-state index contributed by atoms with van der Waals surface area (Å²) in [6, 6.07) is 12.1. The van der Waals surface area contributed by atoms with E-state index in [0.717, 1.165) is 0 Å². The van der Waals surface area contributed by atoms with Crippen LogP contribution in [-0.2, 0) is 21.5 Å². The molecule has 5 nitrogen and oxygen atoms in total. The van der Waals surface area contributed by atoms with Crippen molar-refractivity contribution < 1.29 is 32.6 Å². The Hall–Kier alpha value is -3.03. The minimum absolute atomic E-state index is 0.108. The molecule has 1 N–H and O–H groups in total. The summed E-state index contributed by atoms with van der Waals surface area (Å²) in [5.74, 6) is -1.80. The molecule has 2 aromatic rings. The Morgan fingerprint density at radius 2 is 1.78 bits per heavy atom. The number of rotatable bonds is 5. The van der Waals surface area contributed by atoms with Gasteiger partial charge < -0.3 is 14.7 Å². The number of para-hydroxylation sites is 1. The van der Waals surface area contributed by atoms with Crippen LogP contribution >= 0.6 is 0 Å². The van der Waals surface area contributed by atoms with Gasteiger partial charge in [-0.1, -0.05) is 30.3 Å². The molecule has 27 heavy (non-hydrogen) atoms. The highest BCUT2D eigenvalue weighted by Gasteiger charge is 2.48. The molecule has 3 rings (SSSR count). The van der Waals surface area contributed by atoms with Crippen molar-refractivity contribution in [3.63, 3.8) is 0 Å². The second kappa shape index (κ2) is 6.61. The lowest BCUT2D eigenvalue weighted by atomic mass is 9.81. The number of hydrogen-bond donors (Lipinski definition) is 1. The summed E-state index contributed by atoms with van der Waals surface area (Å²) >= 11 is 0. The van der Waals surface area contributed by atoms with E-state index in [9.17, 15) is 27.9 Å². The van der Waals surface area contributed by atoms with Gasteiger partial charge in [-0.25, -0.2) is 0 Å². The molecule has 142 valence electrons. The van der Waals surface area contributed by atoms with Crippen molar-refractivity contribution in [2.24, 2.45) is 0 Å². The lowest BCUT2D eigenvalue weighted by Crippen LogP contribution is -2.39. The molecule has 1 atom stereocenters. The van der Waals surface area contributed by atoms with E-state index in [-0.39, 0.29) is 24.6 Å². The van der Waals surface area contributed by atoms with Crippen LogP contribution in [-0.4, -0.2) is 23.3 Å². The second-order valence-electron chi connectivity index (χ2n) is 6.50. The molecule has 0 radical (unpaired) electrons. The maximum Gasteiger partial charge on any atom is 0.573 e. The number of carbonyl (C=O) groups is 2. The van der Waals surface area contributed by atoms with Gasteiger partial charge in [-0.2, -0.15) is 0 Å². The minimum atomic E-state index is -4.77. The number of ether oxygens (including phenoxy) is 1. The van der Waals surface area contributed by atoms with Gasteiger partial charge in [0.15, 0.2) is 0 Å². The van der Waals surface area contributed by atoms with Gasteiger partial charge in [0.1, 0.15) is 5.75 Å². The van der Waals surface area contributed by atoms with Crippen LogP contribution in [0.1, 0.15) is 24.5 Å². The zero-order valence-electron chi connectivity index (χ0n) is 14.3. The molecule has 1 aliphatic heterocycles. The van der Waals surface area contributed by atoms with Gasteiger partial charge in [0.2, 0.25) is 5.91 Å². The second-order valence-corrected chi connectivity index (χ2v) is 6.50. The van der Waals surface area contributed by atoms with Crippen LogP contribution < -0.4 is 9.64 Å². The monoisotopic (exact) mass is 379 g/mol. The van der Waals surface area contributed by atoms with E-state index in [0.29, 0.717) is 16.8 Å². The Kier molecular flexibility index (Phi) is 4.59. The van der Waals surface area contributed by atoms with Gasteiger partial charge in [0.05, 0.1) is 18.4 Å². The maximum atomic E-state index is 13.0. The molecular formula is C19H16F3NO4. The number of amides is 1. The summed E-state index contributed by atoms with van der Waals surface area (Å²) in [4.78, 5) is 25.7. The van der Waals surface area contributed by atoms with Crippen LogP contribution in [0.25, 0.3) is 0 Å². The first kappa shape index (κ1) is 18.8. The highest BCUT2D eigenvalue weighted by Crippen LogP contribution is 2.44. The Morgan fingerprint density at radius 1 is 1.15 bits per heavy atom. The summed E-state index contributed by atoms with van der Waals surface area (Å²) in [5, 5.41) is 9.21. The summed E-state index contributed by atoms with van der Waals surface area (Å²) < 4.78 is 40.6. The molecule has 2 aromatic carbocycles. The fraction of sp³-hybridized carbons (Fsp3) is 0.263. The van der Waals surface area contributed by atoms with Gasteiger partial charge in [0.25, 0.3) is 0 Å². The third-order valence-electron chi connectivity index (χ3n) is 4.51. The summed E-state index contributed by atoms with van der Waals surface area (Å²) in [7, 11) is 0. The molecule has 0 aromatic heterocycles. The zero-order chi connectivity index (χ0) is 19.8. The van der Waals surface area contributed by atoms with Gasteiger partial charge in [-0.05, 0) is 36.2 Å². The molecule has 0 bridgehead atoms. The van der Waals surface area contributed by atoms with E-state index in [1.54, 1.807) is 31.2 Å². The number of fused-ring (bicyclic) bond motifs is 1. The molecule has 1 unspecified atom stereocenters. The average molecular weight is 379 g/mol. The molecule has 8 heteroatoms. The highest BCUT2D eigenvalue weighted by molar-refractivity contribution is 6.09. The van der Waals surface area contributed by atoms with E-state index >= 15 is 0 Å². The van der Waals surface area contributed by atoms with E-state index in [1.165, 1.54) is 29.2 Å². The third kappa shape index (κ3) is 3.74. The maximum absolute atomic E-state index is 13.0.